The second-order valence-corrected chi connectivity index (χ2v) is 6.43. The zero-order valence-corrected chi connectivity index (χ0v) is 14.9. The number of H-pyrrole nitrogens is 1. The van der Waals surface area contributed by atoms with E-state index in [1.165, 1.54) is 0 Å². The molecule has 8 nitrogen and oxygen atoms in total. The van der Waals surface area contributed by atoms with Crippen molar-refractivity contribution in [2.24, 2.45) is 0 Å². The van der Waals surface area contributed by atoms with Gasteiger partial charge >= 0.3 is 6.03 Å². The molecule has 1 aliphatic rings. The van der Waals surface area contributed by atoms with Crippen LogP contribution in [-0.2, 0) is 4.79 Å². The number of hydrogen-bond donors (Lipinski definition) is 4. The van der Waals surface area contributed by atoms with Gasteiger partial charge in [0.15, 0.2) is 0 Å². The molecule has 0 fully saturated rings. The molecule has 8 heteroatoms. The van der Waals surface area contributed by atoms with Crippen molar-refractivity contribution in [2.75, 3.05) is 5.32 Å². The van der Waals surface area contributed by atoms with Gasteiger partial charge in [-0.15, -0.1) is 0 Å². The van der Waals surface area contributed by atoms with Crippen LogP contribution in [0.1, 0.15) is 24.1 Å². The number of nitrogens with zero attached hydrogens (tertiary/aromatic N) is 2. The first-order chi connectivity index (χ1) is 13.5. The number of rotatable bonds is 3. The molecule has 0 saturated heterocycles. The fourth-order valence-electron chi connectivity index (χ4n) is 3.21. The van der Waals surface area contributed by atoms with E-state index in [0.29, 0.717) is 28.1 Å². The first kappa shape index (κ1) is 17.3. The Kier molecular flexibility index (Phi) is 4.26. The maximum Gasteiger partial charge on any atom is 0.319 e. The van der Waals surface area contributed by atoms with Gasteiger partial charge in [0.2, 0.25) is 0 Å². The lowest BCUT2D eigenvalue weighted by Gasteiger charge is -2.28. The van der Waals surface area contributed by atoms with Gasteiger partial charge in [0.25, 0.3) is 5.91 Å². The van der Waals surface area contributed by atoms with Gasteiger partial charge in [-0.05, 0) is 42.8 Å². The molecule has 138 valence electrons. The van der Waals surface area contributed by atoms with E-state index in [2.05, 4.69) is 32.2 Å². The summed E-state index contributed by atoms with van der Waals surface area (Å²) in [5.41, 5.74) is 3.58. The highest BCUT2D eigenvalue weighted by molar-refractivity contribution is 6.07. The van der Waals surface area contributed by atoms with Crippen molar-refractivity contribution in [3.63, 3.8) is 0 Å². The average molecular weight is 372 g/mol. The highest BCUT2D eigenvalue weighted by atomic mass is 16.2. The zero-order chi connectivity index (χ0) is 19.7. The van der Waals surface area contributed by atoms with Gasteiger partial charge in [0, 0.05) is 16.8 Å². The Morgan fingerprint density at radius 2 is 2.00 bits per heavy atom. The van der Waals surface area contributed by atoms with Gasteiger partial charge in [-0.3, -0.25) is 9.89 Å². The van der Waals surface area contributed by atoms with E-state index in [1.807, 2.05) is 12.1 Å². The standard InChI is InChI=1S/C20H16N6O2/c1-11-17(19(27)24-15-6-7-16-14(8-15)10-22-26-16)18(25-20(28)23-11)13-4-2-12(9-21)3-5-13/h2-8,10,18H,1H3,(H,22,26)(H,24,27)(H2,23,25,28). The predicted molar refractivity (Wildman–Crippen MR) is 103 cm³/mol. The number of anilines is 1. The van der Waals surface area contributed by atoms with Gasteiger partial charge in [-0.2, -0.15) is 10.4 Å². The summed E-state index contributed by atoms with van der Waals surface area (Å²) in [7, 11) is 0. The van der Waals surface area contributed by atoms with Crippen LogP contribution in [0, 0.1) is 11.3 Å². The molecule has 1 aromatic heterocycles. The van der Waals surface area contributed by atoms with E-state index in [4.69, 9.17) is 5.26 Å². The highest BCUT2D eigenvalue weighted by Gasteiger charge is 2.31. The van der Waals surface area contributed by atoms with Gasteiger partial charge in [-0.1, -0.05) is 12.1 Å². The van der Waals surface area contributed by atoms with Crippen LogP contribution in [0.4, 0.5) is 10.5 Å². The second kappa shape index (κ2) is 6.89. The molecule has 28 heavy (non-hydrogen) atoms. The van der Waals surface area contributed by atoms with Crippen molar-refractivity contribution in [1.82, 2.24) is 20.8 Å². The third kappa shape index (κ3) is 3.17. The third-order valence-corrected chi connectivity index (χ3v) is 4.58. The van der Waals surface area contributed by atoms with Crippen molar-refractivity contribution >= 4 is 28.5 Å². The maximum absolute atomic E-state index is 13.0. The summed E-state index contributed by atoms with van der Waals surface area (Å²) in [6.45, 7) is 1.68. The lowest BCUT2D eigenvalue weighted by atomic mass is 9.94. The van der Waals surface area contributed by atoms with Gasteiger partial charge in [-0.25, -0.2) is 4.79 Å². The highest BCUT2D eigenvalue weighted by Crippen LogP contribution is 2.28. The summed E-state index contributed by atoms with van der Waals surface area (Å²) < 4.78 is 0. The monoisotopic (exact) mass is 372 g/mol. The quantitative estimate of drug-likeness (QED) is 0.564. The Labute approximate surface area is 160 Å². The van der Waals surface area contributed by atoms with Crippen molar-refractivity contribution in [3.8, 4) is 6.07 Å². The number of nitrogens with one attached hydrogen (secondary N) is 4. The first-order valence-corrected chi connectivity index (χ1v) is 8.58. The van der Waals surface area contributed by atoms with E-state index in [9.17, 15) is 9.59 Å². The molecule has 3 aromatic rings. The van der Waals surface area contributed by atoms with Crippen LogP contribution in [0.15, 0.2) is 59.9 Å². The fraction of sp³-hybridized carbons (Fsp3) is 0.100. The largest absolute Gasteiger partial charge is 0.327 e. The molecule has 4 N–H and O–H groups in total. The summed E-state index contributed by atoms with van der Waals surface area (Å²) in [6, 6.07) is 13.2. The predicted octanol–water partition coefficient (Wildman–Crippen LogP) is 2.70. The maximum atomic E-state index is 13.0. The summed E-state index contributed by atoms with van der Waals surface area (Å²) in [6.07, 6.45) is 1.68. The first-order valence-electron chi connectivity index (χ1n) is 8.58. The second-order valence-electron chi connectivity index (χ2n) is 6.43. The van der Waals surface area contributed by atoms with Crippen LogP contribution < -0.4 is 16.0 Å². The number of benzene rings is 2. The molecule has 3 amide bonds. The van der Waals surface area contributed by atoms with E-state index in [1.54, 1.807) is 43.5 Å². The van der Waals surface area contributed by atoms with Crippen molar-refractivity contribution < 1.29 is 9.59 Å². The molecule has 4 rings (SSSR count). The molecule has 0 saturated carbocycles. The Morgan fingerprint density at radius 1 is 1.21 bits per heavy atom. The minimum absolute atomic E-state index is 0.331. The lowest BCUT2D eigenvalue weighted by Crippen LogP contribution is -2.45. The number of carbonyl (C=O) groups excluding carboxylic acids is 2. The lowest BCUT2D eigenvalue weighted by molar-refractivity contribution is -0.113. The molecule has 0 spiro atoms. The molecule has 0 radical (unpaired) electrons. The van der Waals surface area contributed by atoms with E-state index >= 15 is 0 Å². The number of carbonyl (C=O) groups is 2. The molecule has 2 aromatic carbocycles. The van der Waals surface area contributed by atoms with Crippen LogP contribution in [0.3, 0.4) is 0 Å². The molecule has 1 atom stereocenters. The van der Waals surface area contributed by atoms with Crippen molar-refractivity contribution in [3.05, 3.63) is 71.1 Å². The number of amides is 3. The Balaban J connectivity index is 1.66. The van der Waals surface area contributed by atoms with Crippen LogP contribution in [0.25, 0.3) is 10.9 Å². The number of fused-ring (bicyclic) bond motifs is 1. The van der Waals surface area contributed by atoms with E-state index in [0.717, 1.165) is 10.9 Å². The summed E-state index contributed by atoms with van der Waals surface area (Å²) in [4.78, 5) is 25.0. The minimum atomic E-state index is -0.626. The van der Waals surface area contributed by atoms with Crippen molar-refractivity contribution in [2.45, 2.75) is 13.0 Å². The van der Waals surface area contributed by atoms with Crippen molar-refractivity contribution in [1.29, 1.82) is 5.26 Å². The molecule has 2 heterocycles. The smallest absolute Gasteiger partial charge is 0.319 e. The summed E-state index contributed by atoms with van der Waals surface area (Å²) in [5.74, 6) is -0.331. The number of hydrogen-bond acceptors (Lipinski definition) is 4. The molecular weight excluding hydrogens is 356 g/mol. The fourth-order valence-corrected chi connectivity index (χ4v) is 3.21. The van der Waals surface area contributed by atoms with Crippen LogP contribution in [0.2, 0.25) is 0 Å². The Bertz CT molecular complexity index is 1150. The number of urea groups is 1. The van der Waals surface area contributed by atoms with Gasteiger partial charge in [0.05, 0.1) is 35.0 Å². The van der Waals surface area contributed by atoms with E-state index in [-0.39, 0.29) is 11.9 Å². The zero-order valence-electron chi connectivity index (χ0n) is 14.9. The van der Waals surface area contributed by atoms with Gasteiger partial charge in [0.1, 0.15) is 0 Å². The van der Waals surface area contributed by atoms with E-state index < -0.39 is 6.04 Å². The number of aromatic amines is 1. The average Bonchev–Trinajstić information content (AvgIpc) is 3.15. The van der Waals surface area contributed by atoms with Crippen LogP contribution in [-0.4, -0.2) is 22.1 Å². The number of allylic oxidation sites excluding steroid dienone is 1. The third-order valence-electron chi connectivity index (χ3n) is 4.58. The van der Waals surface area contributed by atoms with Gasteiger partial charge < -0.3 is 16.0 Å². The molecule has 1 unspecified atom stereocenters. The SMILES string of the molecule is CC1=C(C(=O)Nc2ccc3[nH]ncc3c2)C(c2ccc(C#N)cc2)NC(=O)N1. The van der Waals surface area contributed by atoms with Crippen LogP contribution in [0.5, 0.6) is 0 Å². The van der Waals surface area contributed by atoms with Crippen LogP contribution >= 0.6 is 0 Å². The minimum Gasteiger partial charge on any atom is -0.327 e. The normalized spacial score (nSPS) is 16.3. The number of nitriles is 1. The Hall–Kier alpha value is -4.12. The molecule has 1 aliphatic heterocycles. The summed E-state index contributed by atoms with van der Waals surface area (Å²) >= 11 is 0. The topological polar surface area (TPSA) is 123 Å². The Morgan fingerprint density at radius 3 is 2.75 bits per heavy atom. The number of aromatic nitrogens is 2. The molecule has 0 bridgehead atoms. The molecule has 0 aliphatic carbocycles. The molecular formula is C20H16N6O2. The summed E-state index contributed by atoms with van der Waals surface area (Å²) in [5, 5.41) is 25.0.